The highest BCUT2D eigenvalue weighted by atomic mass is 16.5. The molecule has 2 aliphatic rings. The predicted octanol–water partition coefficient (Wildman–Crippen LogP) is 4.10. The molecular weight excluding hydrogens is 310 g/mol. The summed E-state index contributed by atoms with van der Waals surface area (Å²) < 4.78 is 5.63. The number of hydrogen-bond donors (Lipinski definition) is 1. The minimum absolute atomic E-state index is 0.458. The first-order valence-corrected chi connectivity index (χ1v) is 9.43. The van der Waals surface area contributed by atoms with Gasteiger partial charge in [-0.15, -0.1) is 0 Å². The van der Waals surface area contributed by atoms with Gasteiger partial charge in [0.15, 0.2) is 0 Å². The van der Waals surface area contributed by atoms with Crippen molar-refractivity contribution in [1.29, 1.82) is 0 Å². The van der Waals surface area contributed by atoms with Crippen molar-refractivity contribution in [3.8, 4) is 5.75 Å². The van der Waals surface area contributed by atoms with Gasteiger partial charge in [-0.2, -0.15) is 0 Å². The van der Waals surface area contributed by atoms with Crippen LogP contribution in [-0.4, -0.2) is 28.7 Å². The standard InChI is InChI=1S/C22H27NO2/c1-2-25-21-10-6-9-18(13-21)22(24)14-19-11-12-20(15-22)23(19)16-17-7-4-3-5-8-17/h3-10,13,19-20,24H,2,11-12,14-16H2,1H3. The van der Waals surface area contributed by atoms with Crippen molar-refractivity contribution < 1.29 is 9.84 Å². The van der Waals surface area contributed by atoms with Crippen LogP contribution in [0.3, 0.4) is 0 Å². The van der Waals surface area contributed by atoms with Gasteiger partial charge >= 0.3 is 0 Å². The van der Waals surface area contributed by atoms with E-state index < -0.39 is 5.60 Å². The molecule has 2 unspecified atom stereocenters. The first-order chi connectivity index (χ1) is 12.2. The van der Waals surface area contributed by atoms with Crippen molar-refractivity contribution in [2.45, 2.75) is 56.8 Å². The molecule has 0 amide bonds. The van der Waals surface area contributed by atoms with E-state index in [0.29, 0.717) is 18.7 Å². The van der Waals surface area contributed by atoms with Crippen molar-refractivity contribution in [2.75, 3.05) is 6.61 Å². The summed E-state index contributed by atoms with van der Waals surface area (Å²) >= 11 is 0. The van der Waals surface area contributed by atoms with Crippen LogP contribution in [0.25, 0.3) is 0 Å². The second-order valence-corrected chi connectivity index (χ2v) is 7.44. The Balaban J connectivity index is 1.53. The number of aliphatic hydroxyl groups is 1. The second-order valence-electron chi connectivity index (χ2n) is 7.44. The van der Waals surface area contributed by atoms with Crippen molar-refractivity contribution in [3.63, 3.8) is 0 Å². The SMILES string of the molecule is CCOc1cccc(C2(O)CC3CCC(C2)N3Cc2ccccc2)c1. The molecule has 2 bridgehead atoms. The van der Waals surface area contributed by atoms with Gasteiger partial charge < -0.3 is 9.84 Å². The third-order valence-electron chi connectivity index (χ3n) is 5.81. The normalized spacial score (nSPS) is 28.9. The van der Waals surface area contributed by atoms with E-state index in [4.69, 9.17) is 4.74 Å². The van der Waals surface area contributed by atoms with Gasteiger partial charge in [0, 0.05) is 18.6 Å². The average Bonchev–Trinajstić information content (AvgIpc) is 2.87. The van der Waals surface area contributed by atoms with E-state index in [0.717, 1.165) is 30.7 Å². The summed E-state index contributed by atoms with van der Waals surface area (Å²) in [6.45, 7) is 3.63. The molecule has 2 aromatic carbocycles. The Kier molecular flexibility index (Phi) is 4.53. The third-order valence-corrected chi connectivity index (χ3v) is 5.81. The van der Waals surface area contributed by atoms with Gasteiger partial charge in [-0.3, -0.25) is 4.90 Å². The van der Waals surface area contributed by atoms with Gasteiger partial charge in [-0.25, -0.2) is 0 Å². The first kappa shape index (κ1) is 16.6. The average molecular weight is 337 g/mol. The van der Waals surface area contributed by atoms with E-state index in [1.807, 2.05) is 25.1 Å². The number of ether oxygens (including phenoxy) is 1. The molecule has 4 rings (SSSR count). The fourth-order valence-corrected chi connectivity index (χ4v) is 4.65. The van der Waals surface area contributed by atoms with Crippen LogP contribution in [0.4, 0.5) is 0 Å². The Bertz CT molecular complexity index is 701. The molecule has 132 valence electrons. The molecule has 1 N–H and O–H groups in total. The topological polar surface area (TPSA) is 32.7 Å². The van der Waals surface area contributed by atoms with Crippen LogP contribution >= 0.6 is 0 Å². The van der Waals surface area contributed by atoms with E-state index in [9.17, 15) is 5.11 Å². The molecule has 0 saturated carbocycles. The number of rotatable bonds is 5. The van der Waals surface area contributed by atoms with Crippen LogP contribution in [0.1, 0.15) is 43.7 Å². The molecule has 2 fully saturated rings. The molecule has 2 atom stereocenters. The third kappa shape index (κ3) is 3.31. The molecule has 0 aliphatic carbocycles. The fourth-order valence-electron chi connectivity index (χ4n) is 4.65. The van der Waals surface area contributed by atoms with Crippen molar-refractivity contribution >= 4 is 0 Å². The van der Waals surface area contributed by atoms with Crippen molar-refractivity contribution in [1.82, 2.24) is 4.90 Å². The highest BCUT2D eigenvalue weighted by Gasteiger charge is 2.48. The minimum atomic E-state index is -0.730. The summed E-state index contributed by atoms with van der Waals surface area (Å²) in [7, 11) is 0. The zero-order valence-corrected chi connectivity index (χ0v) is 14.9. The van der Waals surface area contributed by atoms with Gasteiger partial charge in [-0.1, -0.05) is 42.5 Å². The lowest BCUT2D eigenvalue weighted by Gasteiger charge is -2.44. The van der Waals surface area contributed by atoms with Gasteiger partial charge in [0.2, 0.25) is 0 Å². The summed E-state index contributed by atoms with van der Waals surface area (Å²) in [6, 6.07) is 19.6. The second kappa shape index (κ2) is 6.81. The highest BCUT2D eigenvalue weighted by molar-refractivity contribution is 5.33. The lowest BCUT2D eigenvalue weighted by atomic mass is 9.80. The predicted molar refractivity (Wildman–Crippen MR) is 99.5 cm³/mol. The first-order valence-electron chi connectivity index (χ1n) is 9.43. The molecule has 0 aromatic heterocycles. The van der Waals surface area contributed by atoms with Crippen LogP contribution in [0, 0.1) is 0 Å². The molecular formula is C22H27NO2. The summed E-state index contributed by atoms with van der Waals surface area (Å²) in [6.07, 6.45) is 3.99. The van der Waals surface area contributed by atoms with Crippen LogP contribution in [-0.2, 0) is 12.1 Å². The van der Waals surface area contributed by atoms with E-state index in [2.05, 4.69) is 41.3 Å². The highest BCUT2D eigenvalue weighted by Crippen LogP contribution is 2.46. The Morgan fingerprint density at radius 3 is 2.44 bits per heavy atom. The Labute approximate surface area is 150 Å². The number of benzene rings is 2. The van der Waals surface area contributed by atoms with E-state index in [1.165, 1.54) is 18.4 Å². The smallest absolute Gasteiger partial charge is 0.119 e. The largest absolute Gasteiger partial charge is 0.494 e. The van der Waals surface area contributed by atoms with Gasteiger partial charge in [-0.05, 0) is 55.9 Å². The number of nitrogens with zero attached hydrogens (tertiary/aromatic N) is 1. The van der Waals surface area contributed by atoms with Gasteiger partial charge in [0.25, 0.3) is 0 Å². The minimum Gasteiger partial charge on any atom is -0.494 e. The fraction of sp³-hybridized carbons (Fsp3) is 0.455. The summed E-state index contributed by atoms with van der Waals surface area (Å²) in [5.41, 5.74) is 1.64. The molecule has 3 nitrogen and oxygen atoms in total. The maximum atomic E-state index is 11.4. The molecule has 2 saturated heterocycles. The summed E-state index contributed by atoms with van der Waals surface area (Å²) in [4.78, 5) is 2.61. The van der Waals surface area contributed by atoms with Crippen molar-refractivity contribution in [3.05, 3.63) is 65.7 Å². The molecule has 0 spiro atoms. The molecule has 2 heterocycles. The zero-order valence-electron chi connectivity index (χ0n) is 14.9. The maximum absolute atomic E-state index is 11.4. The quantitative estimate of drug-likeness (QED) is 0.891. The Morgan fingerprint density at radius 2 is 1.76 bits per heavy atom. The molecule has 3 heteroatoms. The van der Waals surface area contributed by atoms with Crippen LogP contribution < -0.4 is 4.74 Å². The molecule has 2 aromatic rings. The van der Waals surface area contributed by atoms with Crippen molar-refractivity contribution in [2.24, 2.45) is 0 Å². The monoisotopic (exact) mass is 337 g/mol. The molecule has 2 aliphatic heterocycles. The number of fused-ring (bicyclic) bond motifs is 2. The van der Waals surface area contributed by atoms with E-state index in [-0.39, 0.29) is 0 Å². The lowest BCUT2D eigenvalue weighted by molar-refractivity contribution is -0.0596. The van der Waals surface area contributed by atoms with Gasteiger partial charge in [0.05, 0.1) is 12.2 Å². The van der Waals surface area contributed by atoms with Crippen LogP contribution in [0.5, 0.6) is 5.75 Å². The van der Waals surface area contributed by atoms with Crippen LogP contribution in [0.2, 0.25) is 0 Å². The maximum Gasteiger partial charge on any atom is 0.119 e. The summed E-state index contributed by atoms with van der Waals surface area (Å²) in [5.74, 6) is 0.854. The molecule has 0 radical (unpaired) electrons. The number of hydrogen-bond acceptors (Lipinski definition) is 3. The molecule has 25 heavy (non-hydrogen) atoms. The van der Waals surface area contributed by atoms with E-state index in [1.54, 1.807) is 0 Å². The Morgan fingerprint density at radius 1 is 1.04 bits per heavy atom. The Hall–Kier alpha value is -1.84. The number of piperidine rings is 1. The van der Waals surface area contributed by atoms with E-state index >= 15 is 0 Å². The van der Waals surface area contributed by atoms with Gasteiger partial charge in [0.1, 0.15) is 5.75 Å². The lowest BCUT2D eigenvalue weighted by Crippen LogP contribution is -2.49. The van der Waals surface area contributed by atoms with Crippen LogP contribution in [0.15, 0.2) is 54.6 Å². The zero-order chi connectivity index (χ0) is 17.3. The summed E-state index contributed by atoms with van der Waals surface area (Å²) in [5, 5.41) is 11.4.